The minimum absolute atomic E-state index is 0.574. The lowest BCUT2D eigenvalue weighted by Crippen LogP contribution is -2.12. The van der Waals surface area contributed by atoms with Crippen LogP contribution in [-0.2, 0) is 0 Å². The summed E-state index contributed by atoms with van der Waals surface area (Å²) in [6.07, 6.45) is 0. The zero-order chi connectivity index (χ0) is 17.8. The molecule has 0 aliphatic carbocycles. The number of aryl methyl sites for hydroxylation is 2. The normalized spacial score (nSPS) is 11.4. The fourth-order valence-electron chi connectivity index (χ4n) is 2.33. The maximum absolute atomic E-state index is 6.01. The fraction of sp³-hybridized carbons (Fsp3) is 0.105. The first-order valence-corrected chi connectivity index (χ1v) is 8.86. The number of hydrazone groups is 1. The zero-order valence-corrected chi connectivity index (χ0v) is 16.1. The first kappa shape index (κ1) is 17.6. The van der Waals surface area contributed by atoms with Gasteiger partial charge in [0.25, 0.3) is 0 Å². The third kappa shape index (κ3) is 4.65. The van der Waals surface area contributed by atoms with Crippen LogP contribution in [0.1, 0.15) is 22.8 Å². The van der Waals surface area contributed by atoms with Crippen molar-refractivity contribution in [3.8, 4) is 0 Å². The molecule has 1 heterocycles. The summed E-state index contributed by atoms with van der Waals surface area (Å²) in [6.45, 7) is 3.89. The summed E-state index contributed by atoms with van der Waals surface area (Å²) in [5, 5.41) is 5.23. The molecule has 0 radical (unpaired) electrons. The van der Waals surface area contributed by atoms with Crippen LogP contribution in [0.5, 0.6) is 0 Å². The van der Waals surface area contributed by atoms with Crippen molar-refractivity contribution in [2.45, 2.75) is 13.8 Å². The molecule has 0 bridgehead atoms. The van der Waals surface area contributed by atoms with Crippen LogP contribution in [0.15, 0.2) is 64.2 Å². The standard InChI is InChI=1S/C19H16BrClN4/c1-12-11-13(2)23-19(22-12)18(14-3-7-16(21)8-4-14)25-24-17-9-5-15(20)6-10-17/h3-11,24H,1-2H3/b25-18-. The molecule has 0 atom stereocenters. The van der Waals surface area contributed by atoms with Crippen molar-refractivity contribution >= 4 is 38.9 Å². The molecular weight excluding hydrogens is 400 g/mol. The molecule has 0 aliphatic rings. The predicted octanol–water partition coefficient (Wildman–Crippen LogP) is 5.37. The van der Waals surface area contributed by atoms with Crippen molar-refractivity contribution < 1.29 is 0 Å². The zero-order valence-electron chi connectivity index (χ0n) is 13.8. The largest absolute Gasteiger partial charge is 0.278 e. The highest BCUT2D eigenvalue weighted by Crippen LogP contribution is 2.17. The van der Waals surface area contributed by atoms with E-state index in [0.717, 1.165) is 27.1 Å². The van der Waals surface area contributed by atoms with Gasteiger partial charge in [-0.1, -0.05) is 39.7 Å². The van der Waals surface area contributed by atoms with Crippen LogP contribution in [0.3, 0.4) is 0 Å². The Morgan fingerprint density at radius 1 is 0.960 bits per heavy atom. The number of aromatic nitrogens is 2. The minimum atomic E-state index is 0.574. The molecule has 6 heteroatoms. The van der Waals surface area contributed by atoms with E-state index in [1.165, 1.54) is 0 Å². The molecule has 3 aromatic rings. The van der Waals surface area contributed by atoms with Gasteiger partial charge in [0.1, 0.15) is 5.71 Å². The Morgan fingerprint density at radius 2 is 1.56 bits per heavy atom. The van der Waals surface area contributed by atoms with Gasteiger partial charge in [0.05, 0.1) is 5.69 Å². The highest BCUT2D eigenvalue weighted by Gasteiger charge is 2.12. The number of nitrogens with one attached hydrogen (secondary N) is 1. The Bertz CT molecular complexity index is 885. The van der Waals surface area contributed by atoms with E-state index < -0.39 is 0 Å². The van der Waals surface area contributed by atoms with Gasteiger partial charge >= 0.3 is 0 Å². The molecule has 0 spiro atoms. The molecular formula is C19H16BrClN4. The third-order valence-corrected chi connectivity index (χ3v) is 4.23. The van der Waals surface area contributed by atoms with Gasteiger partial charge in [-0.3, -0.25) is 5.43 Å². The monoisotopic (exact) mass is 414 g/mol. The average Bonchev–Trinajstić information content (AvgIpc) is 2.57. The summed E-state index contributed by atoms with van der Waals surface area (Å²) in [5.74, 6) is 0.574. The summed E-state index contributed by atoms with van der Waals surface area (Å²) in [4.78, 5) is 9.07. The summed E-state index contributed by atoms with van der Waals surface area (Å²) >= 11 is 9.43. The molecule has 0 unspecified atom stereocenters. The van der Waals surface area contributed by atoms with E-state index in [1.807, 2.05) is 68.4 Å². The highest BCUT2D eigenvalue weighted by molar-refractivity contribution is 9.10. The number of rotatable bonds is 4. The molecule has 0 saturated heterocycles. The number of hydrogen-bond acceptors (Lipinski definition) is 4. The lowest BCUT2D eigenvalue weighted by molar-refractivity contribution is 1.03. The Hall–Kier alpha value is -2.24. The Labute approximate surface area is 160 Å². The fourth-order valence-corrected chi connectivity index (χ4v) is 2.72. The molecule has 0 amide bonds. The van der Waals surface area contributed by atoms with E-state index in [2.05, 4.69) is 36.4 Å². The van der Waals surface area contributed by atoms with Gasteiger partial charge in [0.15, 0.2) is 5.82 Å². The molecule has 126 valence electrons. The Kier molecular flexibility index (Phi) is 5.46. The van der Waals surface area contributed by atoms with Crippen LogP contribution in [-0.4, -0.2) is 15.7 Å². The van der Waals surface area contributed by atoms with E-state index >= 15 is 0 Å². The smallest absolute Gasteiger partial charge is 0.181 e. The van der Waals surface area contributed by atoms with Crippen LogP contribution >= 0.6 is 27.5 Å². The number of halogens is 2. The van der Waals surface area contributed by atoms with Gasteiger partial charge in [-0.25, -0.2) is 9.97 Å². The van der Waals surface area contributed by atoms with Crippen LogP contribution in [0.25, 0.3) is 0 Å². The maximum Gasteiger partial charge on any atom is 0.181 e. The predicted molar refractivity (Wildman–Crippen MR) is 106 cm³/mol. The van der Waals surface area contributed by atoms with E-state index in [4.69, 9.17) is 11.6 Å². The van der Waals surface area contributed by atoms with Crippen LogP contribution in [0.2, 0.25) is 5.02 Å². The number of hydrogen-bond donors (Lipinski definition) is 1. The second-order valence-electron chi connectivity index (χ2n) is 5.56. The van der Waals surface area contributed by atoms with Crippen molar-refractivity contribution in [1.29, 1.82) is 0 Å². The summed E-state index contributed by atoms with van der Waals surface area (Å²) < 4.78 is 1.01. The Morgan fingerprint density at radius 3 is 2.16 bits per heavy atom. The molecule has 4 nitrogen and oxygen atoms in total. The lowest BCUT2D eigenvalue weighted by atomic mass is 10.1. The maximum atomic E-state index is 6.01. The topological polar surface area (TPSA) is 50.2 Å². The quantitative estimate of drug-likeness (QED) is 0.460. The lowest BCUT2D eigenvalue weighted by Gasteiger charge is -2.09. The number of benzene rings is 2. The summed E-state index contributed by atoms with van der Waals surface area (Å²) in [6, 6.07) is 17.2. The third-order valence-electron chi connectivity index (χ3n) is 3.45. The minimum Gasteiger partial charge on any atom is -0.278 e. The van der Waals surface area contributed by atoms with Gasteiger partial charge in [-0.2, -0.15) is 5.10 Å². The van der Waals surface area contributed by atoms with Crippen molar-refractivity contribution in [3.05, 3.63) is 86.9 Å². The van der Waals surface area contributed by atoms with Crippen molar-refractivity contribution in [3.63, 3.8) is 0 Å². The molecule has 25 heavy (non-hydrogen) atoms. The van der Waals surface area contributed by atoms with Gasteiger partial charge in [0.2, 0.25) is 0 Å². The molecule has 2 aromatic carbocycles. The molecule has 1 N–H and O–H groups in total. The van der Waals surface area contributed by atoms with Crippen LogP contribution in [0, 0.1) is 13.8 Å². The molecule has 0 fully saturated rings. The summed E-state index contributed by atoms with van der Waals surface area (Å²) in [7, 11) is 0. The van der Waals surface area contributed by atoms with Gasteiger partial charge in [0, 0.05) is 26.4 Å². The van der Waals surface area contributed by atoms with E-state index in [9.17, 15) is 0 Å². The molecule has 0 saturated carbocycles. The molecule has 0 aliphatic heterocycles. The first-order valence-electron chi connectivity index (χ1n) is 7.69. The van der Waals surface area contributed by atoms with Crippen LogP contribution in [0.4, 0.5) is 5.69 Å². The number of anilines is 1. The first-order chi connectivity index (χ1) is 12.0. The average molecular weight is 416 g/mol. The molecule has 3 rings (SSSR count). The summed E-state index contributed by atoms with van der Waals surface area (Å²) in [5.41, 5.74) is 7.29. The van der Waals surface area contributed by atoms with Crippen molar-refractivity contribution in [2.75, 3.05) is 5.43 Å². The van der Waals surface area contributed by atoms with Gasteiger partial charge in [-0.05, 0) is 56.3 Å². The van der Waals surface area contributed by atoms with E-state index in [-0.39, 0.29) is 0 Å². The van der Waals surface area contributed by atoms with Crippen LogP contribution < -0.4 is 5.43 Å². The van der Waals surface area contributed by atoms with E-state index in [0.29, 0.717) is 16.6 Å². The SMILES string of the molecule is Cc1cc(C)nc(/C(=N\Nc2ccc(Br)cc2)c2ccc(Cl)cc2)n1. The van der Waals surface area contributed by atoms with Gasteiger partial charge < -0.3 is 0 Å². The number of nitrogens with zero attached hydrogens (tertiary/aromatic N) is 3. The highest BCUT2D eigenvalue weighted by atomic mass is 79.9. The van der Waals surface area contributed by atoms with Gasteiger partial charge in [-0.15, -0.1) is 0 Å². The Balaban J connectivity index is 2.03. The second kappa shape index (κ2) is 7.76. The van der Waals surface area contributed by atoms with E-state index in [1.54, 1.807) is 0 Å². The van der Waals surface area contributed by atoms with Crippen molar-refractivity contribution in [2.24, 2.45) is 5.10 Å². The van der Waals surface area contributed by atoms with Crippen molar-refractivity contribution in [1.82, 2.24) is 9.97 Å². The molecule has 1 aromatic heterocycles. The second-order valence-corrected chi connectivity index (χ2v) is 6.91.